The summed E-state index contributed by atoms with van der Waals surface area (Å²) in [4.78, 5) is 14.2. The molecule has 5 atom stereocenters. The van der Waals surface area contributed by atoms with E-state index in [-0.39, 0.29) is 16.8 Å². The molecule has 1 aromatic heterocycles. The number of hydrogen-bond acceptors (Lipinski definition) is 9. The van der Waals surface area contributed by atoms with Crippen LogP contribution in [0.4, 0.5) is 0 Å². The third kappa shape index (κ3) is 11.1. The molecule has 2 heterocycles. The van der Waals surface area contributed by atoms with E-state index in [2.05, 4.69) is 98.2 Å². The third-order valence-electron chi connectivity index (χ3n) is 7.61. The summed E-state index contributed by atoms with van der Waals surface area (Å²) in [7, 11) is -10.3. The van der Waals surface area contributed by atoms with Crippen molar-refractivity contribution in [3.63, 3.8) is 0 Å². The Hall–Kier alpha value is -1.87. The van der Waals surface area contributed by atoms with Crippen LogP contribution in [0.1, 0.15) is 11.7 Å². The summed E-state index contributed by atoms with van der Waals surface area (Å²) in [5.41, 5.74) is 1.54. The number of ether oxygens (including phenoxy) is 1. The summed E-state index contributed by atoms with van der Waals surface area (Å²) < 4.78 is 46.9. The average molecular weight is 777 g/mol. The molecule has 0 spiro atoms. The second kappa shape index (κ2) is 14.9. The summed E-state index contributed by atoms with van der Waals surface area (Å²) in [6, 6.07) is 10.7. The summed E-state index contributed by atoms with van der Waals surface area (Å²) in [5.74, 6) is 0.726. The lowest BCUT2D eigenvalue weighted by Crippen LogP contribution is -2.63. The molecule has 1 fully saturated rings. The first kappa shape index (κ1) is 40.9. The second-order valence-corrected chi connectivity index (χ2v) is 40.5. The van der Waals surface area contributed by atoms with Crippen molar-refractivity contribution in [3.8, 4) is 22.6 Å². The van der Waals surface area contributed by atoms with Crippen LogP contribution in [0.3, 0.4) is 0 Å². The molecule has 14 heteroatoms. The Labute approximate surface area is 304 Å². The molecule has 1 N–H and O–H groups in total. The smallest absolute Gasteiger partial charge is 0.242 e. The minimum atomic E-state index is -2.26. The maximum Gasteiger partial charge on any atom is 0.242 e. The fourth-order valence-corrected chi connectivity index (χ4v) is 10.8. The topological polar surface area (TPSA) is 106 Å². The van der Waals surface area contributed by atoms with E-state index in [4.69, 9.17) is 31.3 Å². The highest BCUT2D eigenvalue weighted by Crippen LogP contribution is 2.45. The average Bonchev–Trinajstić information content (AvgIpc) is 2.92. The van der Waals surface area contributed by atoms with E-state index in [1.807, 2.05) is 24.3 Å². The first-order valence-corrected chi connectivity index (χ1v) is 34.7. The van der Waals surface area contributed by atoms with Gasteiger partial charge in [0, 0.05) is 0 Å². The highest BCUT2D eigenvalue weighted by Gasteiger charge is 2.53. The molecule has 1 aliphatic heterocycles. The van der Waals surface area contributed by atoms with Gasteiger partial charge in [-0.2, -0.15) is 0 Å². The van der Waals surface area contributed by atoms with Gasteiger partial charge >= 0.3 is 0 Å². The van der Waals surface area contributed by atoms with Gasteiger partial charge in [0.15, 0.2) is 33.3 Å². The van der Waals surface area contributed by atoms with Crippen molar-refractivity contribution >= 4 is 52.6 Å². The van der Waals surface area contributed by atoms with Gasteiger partial charge in [-0.1, -0.05) is 12.1 Å². The van der Waals surface area contributed by atoms with Gasteiger partial charge in [0.2, 0.25) is 13.7 Å². The molecule has 0 radical (unpaired) electrons. The molecule has 1 aliphatic rings. The first-order chi connectivity index (χ1) is 22.7. The van der Waals surface area contributed by atoms with Gasteiger partial charge in [0.1, 0.15) is 53.9 Å². The van der Waals surface area contributed by atoms with Crippen molar-refractivity contribution in [2.75, 3.05) is 6.61 Å². The molecule has 0 unspecified atom stereocenters. The van der Waals surface area contributed by atoms with Gasteiger partial charge in [-0.25, -0.2) is 0 Å². The van der Waals surface area contributed by atoms with Crippen LogP contribution in [-0.2, 0) is 22.4 Å². The van der Waals surface area contributed by atoms with Crippen molar-refractivity contribution in [3.05, 3.63) is 58.4 Å². The lowest BCUT2D eigenvalue weighted by atomic mass is 9.89. The SMILES string of the molecule is C[Si](C)(C)OC[C@H]1O[C@@H](c2c(O)ccc3c(=O)c(-c4ccc(O[Si](C)(C)C)cc4)coc23)[C@H](O[Si](C)(C)C)[C@@H](O[Si](C)(C)C)[C@@H]1O[Si](C)(C)C. The van der Waals surface area contributed by atoms with Gasteiger partial charge in [-0.15, -0.1) is 0 Å². The molecule has 0 saturated carbocycles. The second-order valence-electron chi connectivity index (χ2n) is 18.2. The summed E-state index contributed by atoms with van der Waals surface area (Å²) in [6.07, 6.45) is -1.54. The van der Waals surface area contributed by atoms with Crippen LogP contribution in [0.15, 0.2) is 51.9 Å². The molecule has 9 nitrogen and oxygen atoms in total. The lowest BCUT2D eigenvalue weighted by Gasteiger charge is -2.51. The summed E-state index contributed by atoms with van der Waals surface area (Å²) >= 11 is 0. The Kier molecular flexibility index (Phi) is 12.2. The third-order valence-corrected chi connectivity index (χ3v) is 12.4. The maximum atomic E-state index is 14.2. The lowest BCUT2D eigenvalue weighted by molar-refractivity contribution is -0.216. The molecule has 1 saturated heterocycles. The van der Waals surface area contributed by atoms with E-state index in [1.54, 1.807) is 12.1 Å². The van der Waals surface area contributed by atoms with Gasteiger partial charge in [0.25, 0.3) is 0 Å². The largest absolute Gasteiger partial charge is 0.544 e. The molecule has 0 aliphatic carbocycles. The molecule has 50 heavy (non-hydrogen) atoms. The van der Waals surface area contributed by atoms with Crippen LogP contribution < -0.4 is 9.85 Å². The Morgan fingerprint density at radius 3 is 1.72 bits per heavy atom. The monoisotopic (exact) mass is 776 g/mol. The van der Waals surface area contributed by atoms with Gasteiger partial charge in [-0.3, -0.25) is 4.79 Å². The fourth-order valence-electron chi connectivity index (χ4n) is 5.98. The maximum absolute atomic E-state index is 14.2. The Balaban J connectivity index is 1.91. The van der Waals surface area contributed by atoms with Gasteiger partial charge < -0.3 is 36.4 Å². The number of benzene rings is 2. The Morgan fingerprint density at radius 1 is 0.660 bits per heavy atom. The van der Waals surface area contributed by atoms with E-state index in [1.165, 1.54) is 6.26 Å². The van der Waals surface area contributed by atoms with Crippen LogP contribution in [0.25, 0.3) is 22.1 Å². The molecular weight excluding hydrogens is 717 g/mol. The zero-order valence-electron chi connectivity index (χ0n) is 32.8. The van der Waals surface area contributed by atoms with Crippen molar-refractivity contribution in [2.45, 2.75) is 129 Å². The van der Waals surface area contributed by atoms with Crippen molar-refractivity contribution in [1.82, 2.24) is 0 Å². The predicted molar refractivity (Wildman–Crippen MR) is 215 cm³/mol. The number of phenolic OH excluding ortho intramolecular Hbond substituents is 1. The highest BCUT2D eigenvalue weighted by molar-refractivity contribution is 6.71. The number of fused-ring (bicyclic) bond motifs is 1. The molecule has 3 aromatic rings. The zero-order valence-corrected chi connectivity index (χ0v) is 37.8. The molecule has 4 rings (SSSR count). The number of phenols is 1. The first-order valence-electron chi connectivity index (χ1n) is 17.6. The van der Waals surface area contributed by atoms with Crippen molar-refractivity contribution in [1.29, 1.82) is 0 Å². The van der Waals surface area contributed by atoms with Crippen LogP contribution in [0.5, 0.6) is 11.5 Å². The van der Waals surface area contributed by atoms with Crippen molar-refractivity contribution < 1.29 is 36.4 Å². The highest BCUT2D eigenvalue weighted by atomic mass is 28.4. The van der Waals surface area contributed by atoms with E-state index >= 15 is 0 Å². The molecule has 0 amide bonds. The zero-order chi connectivity index (χ0) is 37.6. The number of aromatic hydroxyl groups is 1. The van der Waals surface area contributed by atoms with E-state index in [0.29, 0.717) is 28.7 Å². The van der Waals surface area contributed by atoms with E-state index in [9.17, 15) is 9.90 Å². The Morgan fingerprint density at radius 2 is 1.20 bits per heavy atom. The normalized spacial score (nSPS) is 22.6. The van der Waals surface area contributed by atoms with Crippen LogP contribution in [-0.4, -0.2) is 77.7 Å². The summed E-state index contributed by atoms with van der Waals surface area (Å²) in [6.45, 7) is 32.4. The number of rotatable bonds is 13. The van der Waals surface area contributed by atoms with Gasteiger partial charge in [0.05, 0.1) is 23.1 Å². The quantitative estimate of drug-likeness (QED) is 0.170. The minimum Gasteiger partial charge on any atom is -0.544 e. The fraction of sp³-hybridized carbons (Fsp3) is 0.583. The minimum absolute atomic E-state index is 0.0448. The Bertz CT molecular complexity index is 1680. The van der Waals surface area contributed by atoms with Crippen LogP contribution in [0.2, 0.25) is 98.2 Å². The van der Waals surface area contributed by atoms with Crippen LogP contribution in [0, 0.1) is 0 Å². The molecule has 2 aromatic carbocycles. The van der Waals surface area contributed by atoms with E-state index < -0.39 is 72.1 Å². The molecular formula is C36H60O9Si5. The van der Waals surface area contributed by atoms with Crippen molar-refractivity contribution in [2.24, 2.45) is 0 Å². The predicted octanol–water partition coefficient (Wildman–Crippen LogP) is 9.33. The molecule has 278 valence electrons. The van der Waals surface area contributed by atoms with E-state index in [0.717, 1.165) is 5.75 Å². The van der Waals surface area contributed by atoms with Crippen LogP contribution >= 0.6 is 0 Å². The van der Waals surface area contributed by atoms with Gasteiger partial charge in [-0.05, 0) is 128 Å². The standard InChI is InChI=1S/C36H60O9Si5/c1-46(2,3)40-23-29-33(43-48(7,8)9)35(44-49(10,11)12)36(45-50(13,14)15)34(41-29)30-28(37)21-20-26-31(38)27(22-39-32(26)30)24-16-18-25(19-17-24)42-47(4,5)6/h16-22,29,33-37H,23H2,1-15H3/t29-,33-,34+,35+,36+/m1/s1. The summed E-state index contributed by atoms with van der Waals surface area (Å²) in [5, 5.41) is 12.0. The number of hydrogen-bond donors (Lipinski definition) is 1. The molecule has 0 bridgehead atoms.